The quantitative estimate of drug-likeness (QED) is 0.491. The number of nitriles is 1. The highest BCUT2D eigenvalue weighted by Gasteiger charge is 2.27. The number of rotatable bonds is 1. The van der Waals surface area contributed by atoms with Crippen LogP contribution in [-0.4, -0.2) is 23.9 Å². The van der Waals surface area contributed by atoms with Crippen LogP contribution in [0.1, 0.15) is 13.3 Å². The minimum atomic E-state index is -0.174. The van der Waals surface area contributed by atoms with Gasteiger partial charge in [0.2, 0.25) is 6.41 Å². The van der Waals surface area contributed by atoms with Crippen molar-refractivity contribution in [1.82, 2.24) is 4.90 Å². The van der Waals surface area contributed by atoms with Gasteiger partial charge < -0.3 is 4.90 Å². The number of carbonyl (C=O) groups is 1. The molecule has 1 fully saturated rings. The molecule has 1 aliphatic rings. The highest BCUT2D eigenvalue weighted by Crippen LogP contribution is 2.19. The van der Waals surface area contributed by atoms with Gasteiger partial charge >= 0.3 is 0 Å². The van der Waals surface area contributed by atoms with Crippen LogP contribution in [0.3, 0.4) is 0 Å². The molecule has 0 aromatic carbocycles. The Hall–Kier alpha value is -1.04. The van der Waals surface area contributed by atoms with E-state index in [2.05, 4.69) is 6.07 Å². The average Bonchev–Trinajstić information content (AvgIpc) is 2.30. The molecule has 3 nitrogen and oxygen atoms in total. The first-order valence-electron chi connectivity index (χ1n) is 3.38. The number of carbonyl (C=O) groups excluding carboxylic acids is 1. The SMILES string of the molecule is C[C@H]1C[C@@H](C#N)N(C=O)C1. The number of amides is 1. The van der Waals surface area contributed by atoms with Gasteiger partial charge in [0.15, 0.2) is 0 Å². The molecule has 0 aromatic rings. The number of hydrogen-bond acceptors (Lipinski definition) is 2. The van der Waals surface area contributed by atoms with Crippen LogP contribution in [0.25, 0.3) is 0 Å². The molecule has 0 aromatic heterocycles. The van der Waals surface area contributed by atoms with Gasteiger partial charge in [0, 0.05) is 6.54 Å². The van der Waals surface area contributed by atoms with Crippen molar-refractivity contribution in [2.24, 2.45) is 5.92 Å². The molecule has 1 rings (SSSR count). The summed E-state index contributed by atoms with van der Waals surface area (Å²) in [6, 6.07) is 1.92. The monoisotopic (exact) mass is 138 g/mol. The minimum Gasteiger partial charge on any atom is -0.329 e. The van der Waals surface area contributed by atoms with Crippen molar-refractivity contribution < 1.29 is 4.79 Å². The van der Waals surface area contributed by atoms with E-state index in [0.717, 1.165) is 19.4 Å². The van der Waals surface area contributed by atoms with Crippen LogP contribution in [0.5, 0.6) is 0 Å². The van der Waals surface area contributed by atoms with Gasteiger partial charge in [-0.3, -0.25) is 4.79 Å². The van der Waals surface area contributed by atoms with E-state index in [1.165, 1.54) is 0 Å². The molecule has 1 amide bonds. The van der Waals surface area contributed by atoms with Crippen molar-refractivity contribution in [1.29, 1.82) is 5.26 Å². The lowest BCUT2D eigenvalue weighted by molar-refractivity contribution is -0.118. The zero-order valence-electron chi connectivity index (χ0n) is 5.95. The van der Waals surface area contributed by atoms with E-state index in [4.69, 9.17) is 5.26 Å². The summed E-state index contributed by atoms with van der Waals surface area (Å²) in [5.41, 5.74) is 0. The van der Waals surface area contributed by atoms with Crippen molar-refractivity contribution in [2.75, 3.05) is 6.54 Å². The maximum Gasteiger partial charge on any atom is 0.210 e. The van der Waals surface area contributed by atoms with E-state index >= 15 is 0 Å². The molecule has 1 heterocycles. The van der Waals surface area contributed by atoms with Crippen LogP contribution in [0.2, 0.25) is 0 Å². The predicted octanol–water partition coefficient (Wildman–Crippen LogP) is 0.377. The number of nitrogens with zero attached hydrogens (tertiary/aromatic N) is 2. The molecule has 3 heteroatoms. The summed E-state index contributed by atoms with van der Waals surface area (Å²) in [5.74, 6) is 0.481. The van der Waals surface area contributed by atoms with Gasteiger partial charge in [0.1, 0.15) is 6.04 Å². The van der Waals surface area contributed by atoms with Crippen molar-refractivity contribution >= 4 is 6.41 Å². The molecular formula is C7H10N2O. The second-order valence-corrected chi connectivity index (χ2v) is 2.79. The molecule has 0 bridgehead atoms. The molecule has 2 atom stereocenters. The Labute approximate surface area is 60.2 Å². The Morgan fingerprint density at radius 2 is 2.50 bits per heavy atom. The van der Waals surface area contributed by atoms with Gasteiger partial charge in [-0.2, -0.15) is 5.26 Å². The Morgan fingerprint density at radius 3 is 2.90 bits per heavy atom. The lowest BCUT2D eigenvalue weighted by Crippen LogP contribution is -2.26. The summed E-state index contributed by atoms with van der Waals surface area (Å²) in [6.07, 6.45) is 1.59. The standard InChI is InChI=1S/C7H10N2O/c1-6-2-7(3-8)9(4-6)5-10/h5-7H,2,4H2,1H3/t6-,7-/m0/s1. The van der Waals surface area contributed by atoms with Crippen molar-refractivity contribution in [3.05, 3.63) is 0 Å². The summed E-state index contributed by atoms with van der Waals surface area (Å²) >= 11 is 0. The van der Waals surface area contributed by atoms with Crippen LogP contribution < -0.4 is 0 Å². The van der Waals surface area contributed by atoms with E-state index in [0.29, 0.717) is 5.92 Å². The van der Waals surface area contributed by atoms with Crippen molar-refractivity contribution in [3.63, 3.8) is 0 Å². The van der Waals surface area contributed by atoms with Crippen LogP contribution in [0.15, 0.2) is 0 Å². The number of likely N-dealkylation sites (tertiary alicyclic amines) is 1. The lowest BCUT2D eigenvalue weighted by Gasteiger charge is -2.10. The molecule has 1 aliphatic heterocycles. The van der Waals surface area contributed by atoms with Gasteiger partial charge in [-0.25, -0.2) is 0 Å². The lowest BCUT2D eigenvalue weighted by atomic mass is 10.1. The largest absolute Gasteiger partial charge is 0.329 e. The maximum absolute atomic E-state index is 10.3. The Kier molecular flexibility index (Phi) is 1.91. The summed E-state index contributed by atoms with van der Waals surface area (Å²) < 4.78 is 0. The molecule has 0 aliphatic carbocycles. The second kappa shape index (κ2) is 2.70. The molecule has 0 saturated carbocycles. The molecular weight excluding hydrogens is 128 g/mol. The fraction of sp³-hybridized carbons (Fsp3) is 0.714. The third-order valence-corrected chi connectivity index (χ3v) is 1.83. The molecule has 0 radical (unpaired) electrons. The third kappa shape index (κ3) is 1.10. The summed E-state index contributed by atoms with van der Waals surface area (Å²) in [5, 5.41) is 8.53. The highest BCUT2D eigenvalue weighted by atomic mass is 16.1. The van der Waals surface area contributed by atoms with Gasteiger partial charge in [-0.15, -0.1) is 0 Å². The van der Waals surface area contributed by atoms with Crippen LogP contribution >= 0.6 is 0 Å². The maximum atomic E-state index is 10.3. The normalized spacial score (nSPS) is 31.8. The molecule has 0 unspecified atom stereocenters. The van der Waals surface area contributed by atoms with Gasteiger partial charge in [0.25, 0.3) is 0 Å². The van der Waals surface area contributed by atoms with Gasteiger partial charge in [0.05, 0.1) is 6.07 Å². The van der Waals surface area contributed by atoms with Crippen LogP contribution in [0.4, 0.5) is 0 Å². The fourth-order valence-electron chi connectivity index (χ4n) is 1.32. The third-order valence-electron chi connectivity index (χ3n) is 1.83. The summed E-state index contributed by atoms with van der Waals surface area (Å²) in [6.45, 7) is 2.79. The zero-order valence-corrected chi connectivity index (χ0v) is 5.95. The van der Waals surface area contributed by atoms with E-state index in [9.17, 15) is 4.79 Å². The van der Waals surface area contributed by atoms with Crippen LogP contribution in [-0.2, 0) is 4.79 Å². The summed E-state index contributed by atoms with van der Waals surface area (Å²) in [4.78, 5) is 11.9. The van der Waals surface area contributed by atoms with Crippen molar-refractivity contribution in [2.45, 2.75) is 19.4 Å². The van der Waals surface area contributed by atoms with Crippen LogP contribution in [0, 0.1) is 17.2 Å². The number of hydrogen-bond donors (Lipinski definition) is 0. The zero-order chi connectivity index (χ0) is 7.56. The molecule has 0 N–H and O–H groups in total. The first-order valence-corrected chi connectivity index (χ1v) is 3.38. The fourth-order valence-corrected chi connectivity index (χ4v) is 1.32. The first kappa shape index (κ1) is 7.07. The van der Waals surface area contributed by atoms with Crippen molar-refractivity contribution in [3.8, 4) is 6.07 Å². The Balaban J connectivity index is 2.59. The minimum absolute atomic E-state index is 0.174. The van der Waals surface area contributed by atoms with E-state index in [-0.39, 0.29) is 6.04 Å². The van der Waals surface area contributed by atoms with Gasteiger partial charge in [-0.1, -0.05) is 6.92 Å². The Morgan fingerprint density at radius 1 is 1.80 bits per heavy atom. The summed E-state index contributed by atoms with van der Waals surface area (Å²) in [7, 11) is 0. The first-order chi connectivity index (χ1) is 4.77. The van der Waals surface area contributed by atoms with E-state index in [1.807, 2.05) is 6.92 Å². The van der Waals surface area contributed by atoms with E-state index in [1.54, 1.807) is 4.90 Å². The topological polar surface area (TPSA) is 44.1 Å². The second-order valence-electron chi connectivity index (χ2n) is 2.79. The highest BCUT2D eigenvalue weighted by molar-refractivity contribution is 5.49. The molecule has 0 spiro atoms. The molecule has 1 saturated heterocycles. The van der Waals surface area contributed by atoms with Gasteiger partial charge in [-0.05, 0) is 12.3 Å². The Bertz CT molecular complexity index is 173. The molecule has 10 heavy (non-hydrogen) atoms. The van der Waals surface area contributed by atoms with E-state index < -0.39 is 0 Å². The average molecular weight is 138 g/mol. The smallest absolute Gasteiger partial charge is 0.210 e. The predicted molar refractivity (Wildman–Crippen MR) is 36.0 cm³/mol. The molecule has 54 valence electrons.